The maximum Gasteiger partial charge on any atom is 0.251 e. The van der Waals surface area contributed by atoms with E-state index in [4.69, 9.17) is 11.6 Å². The van der Waals surface area contributed by atoms with Gasteiger partial charge in [-0.1, -0.05) is 54.6 Å². The smallest absolute Gasteiger partial charge is 0.251 e. The van der Waals surface area contributed by atoms with Crippen LogP contribution in [-0.4, -0.2) is 17.0 Å². The summed E-state index contributed by atoms with van der Waals surface area (Å²) < 4.78 is 0. The van der Waals surface area contributed by atoms with Crippen molar-refractivity contribution in [1.29, 1.82) is 0 Å². The number of hydrogen-bond acceptors (Lipinski definition) is 2. The first-order chi connectivity index (χ1) is 10.2. The number of hydroxylamine groups is 1. The van der Waals surface area contributed by atoms with E-state index in [2.05, 4.69) is 0 Å². The molecule has 0 spiro atoms. The average molecular weight is 302 g/mol. The lowest BCUT2D eigenvalue weighted by Gasteiger charge is -2.14. The normalized spacial score (nSPS) is 10.8. The van der Waals surface area contributed by atoms with E-state index in [1.165, 1.54) is 0 Å². The standard InChI is InChI=1S/C17H16ClNO2/c18-13-12-17(20)19(21)16-10-8-15(9-11-16)7-6-14-4-2-1-3-5-14/h1-11,21H,12-13H2/b7-6+. The molecule has 0 saturated carbocycles. The van der Waals surface area contributed by atoms with Crippen LogP contribution in [0.4, 0.5) is 5.69 Å². The summed E-state index contributed by atoms with van der Waals surface area (Å²) in [5.41, 5.74) is 2.53. The van der Waals surface area contributed by atoms with Crippen molar-refractivity contribution in [1.82, 2.24) is 0 Å². The van der Waals surface area contributed by atoms with Gasteiger partial charge in [-0.3, -0.25) is 10.0 Å². The molecule has 0 atom stereocenters. The Bertz CT molecular complexity index is 608. The second kappa shape index (κ2) is 7.62. The van der Waals surface area contributed by atoms with Crippen molar-refractivity contribution in [2.24, 2.45) is 0 Å². The molecule has 1 N–H and O–H groups in total. The first-order valence-corrected chi connectivity index (χ1v) is 7.15. The highest BCUT2D eigenvalue weighted by Gasteiger charge is 2.11. The Balaban J connectivity index is 2.05. The lowest BCUT2D eigenvalue weighted by atomic mass is 10.1. The van der Waals surface area contributed by atoms with E-state index in [-0.39, 0.29) is 12.3 Å². The minimum atomic E-state index is -0.419. The van der Waals surface area contributed by atoms with Gasteiger partial charge in [0.15, 0.2) is 0 Å². The monoisotopic (exact) mass is 301 g/mol. The molecular weight excluding hydrogens is 286 g/mol. The van der Waals surface area contributed by atoms with Gasteiger partial charge in [-0.2, -0.15) is 5.06 Å². The van der Waals surface area contributed by atoms with E-state index in [0.29, 0.717) is 10.8 Å². The summed E-state index contributed by atoms with van der Waals surface area (Å²) in [6.07, 6.45) is 4.08. The van der Waals surface area contributed by atoms with Crippen LogP contribution < -0.4 is 5.06 Å². The molecule has 0 fully saturated rings. The zero-order valence-corrected chi connectivity index (χ0v) is 12.2. The second-order valence-corrected chi connectivity index (χ2v) is 4.86. The van der Waals surface area contributed by atoms with Gasteiger partial charge in [-0.05, 0) is 23.3 Å². The van der Waals surface area contributed by atoms with E-state index in [1.807, 2.05) is 54.6 Å². The number of halogens is 1. The second-order valence-electron chi connectivity index (χ2n) is 4.48. The van der Waals surface area contributed by atoms with Crippen molar-refractivity contribution in [2.75, 3.05) is 10.9 Å². The molecule has 0 radical (unpaired) electrons. The minimum absolute atomic E-state index is 0.105. The van der Waals surface area contributed by atoms with Crippen LogP contribution in [-0.2, 0) is 4.79 Å². The first-order valence-electron chi connectivity index (χ1n) is 6.61. The molecule has 108 valence electrons. The van der Waals surface area contributed by atoms with Crippen LogP contribution in [0.15, 0.2) is 54.6 Å². The number of alkyl halides is 1. The van der Waals surface area contributed by atoms with E-state index in [9.17, 15) is 10.0 Å². The minimum Gasteiger partial charge on any atom is -0.281 e. The van der Waals surface area contributed by atoms with Gasteiger partial charge in [-0.15, -0.1) is 11.6 Å². The Labute approximate surface area is 129 Å². The van der Waals surface area contributed by atoms with Gasteiger partial charge in [0.1, 0.15) is 0 Å². The molecule has 0 saturated heterocycles. The number of rotatable bonds is 5. The fraction of sp³-hybridized carbons (Fsp3) is 0.118. The molecular formula is C17H16ClNO2. The van der Waals surface area contributed by atoms with E-state index < -0.39 is 5.91 Å². The zero-order valence-electron chi connectivity index (χ0n) is 11.4. The van der Waals surface area contributed by atoms with Gasteiger partial charge < -0.3 is 0 Å². The summed E-state index contributed by atoms with van der Waals surface area (Å²) in [6, 6.07) is 17.0. The number of benzene rings is 2. The molecule has 2 aromatic carbocycles. The average Bonchev–Trinajstić information content (AvgIpc) is 2.54. The van der Waals surface area contributed by atoms with Crippen LogP contribution >= 0.6 is 11.6 Å². The van der Waals surface area contributed by atoms with Gasteiger partial charge >= 0.3 is 0 Å². The number of nitrogens with zero attached hydrogens (tertiary/aromatic N) is 1. The van der Waals surface area contributed by atoms with Crippen molar-refractivity contribution in [2.45, 2.75) is 6.42 Å². The highest BCUT2D eigenvalue weighted by Crippen LogP contribution is 2.16. The Morgan fingerprint density at radius 3 is 2.14 bits per heavy atom. The van der Waals surface area contributed by atoms with Crippen molar-refractivity contribution < 1.29 is 10.0 Å². The van der Waals surface area contributed by atoms with Crippen LogP contribution in [0.2, 0.25) is 0 Å². The van der Waals surface area contributed by atoms with Crippen molar-refractivity contribution in [3.8, 4) is 0 Å². The molecule has 2 aromatic rings. The number of amides is 1. The molecule has 0 heterocycles. The molecule has 21 heavy (non-hydrogen) atoms. The SMILES string of the molecule is O=C(CCCl)N(O)c1ccc(/C=C/c2ccccc2)cc1. The molecule has 0 aliphatic heterocycles. The van der Waals surface area contributed by atoms with Crippen molar-refractivity contribution >= 4 is 35.3 Å². The lowest BCUT2D eigenvalue weighted by Crippen LogP contribution is -2.26. The quantitative estimate of drug-likeness (QED) is 0.389. The Morgan fingerprint density at radius 2 is 1.57 bits per heavy atom. The first kappa shape index (κ1) is 15.3. The molecule has 1 amide bonds. The van der Waals surface area contributed by atoms with Crippen molar-refractivity contribution in [3.63, 3.8) is 0 Å². The van der Waals surface area contributed by atoms with Gasteiger partial charge in [0.25, 0.3) is 5.91 Å². The number of anilines is 1. The van der Waals surface area contributed by atoms with Crippen molar-refractivity contribution in [3.05, 3.63) is 65.7 Å². The zero-order chi connectivity index (χ0) is 15.1. The summed E-state index contributed by atoms with van der Waals surface area (Å²) in [5.74, 6) is -0.231. The predicted octanol–water partition coefficient (Wildman–Crippen LogP) is 4.21. The molecule has 0 aliphatic carbocycles. The third kappa shape index (κ3) is 4.45. The van der Waals surface area contributed by atoms with Gasteiger partial charge in [0, 0.05) is 12.3 Å². The molecule has 0 aromatic heterocycles. The van der Waals surface area contributed by atoms with Crippen LogP contribution in [0.5, 0.6) is 0 Å². The van der Waals surface area contributed by atoms with Gasteiger partial charge in [0.2, 0.25) is 0 Å². The summed E-state index contributed by atoms with van der Waals surface area (Å²) in [7, 11) is 0. The van der Waals surface area contributed by atoms with Crippen LogP contribution in [0.25, 0.3) is 12.2 Å². The molecule has 0 unspecified atom stereocenters. The third-order valence-electron chi connectivity index (χ3n) is 2.95. The fourth-order valence-electron chi connectivity index (χ4n) is 1.81. The molecule has 2 rings (SSSR count). The Kier molecular flexibility index (Phi) is 5.55. The van der Waals surface area contributed by atoms with Gasteiger partial charge in [0.05, 0.1) is 5.69 Å². The predicted molar refractivity (Wildman–Crippen MR) is 86.4 cm³/mol. The highest BCUT2D eigenvalue weighted by molar-refractivity contribution is 6.19. The van der Waals surface area contributed by atoms with E-state index in [0.717, 1.165) is 11.1 Å². The summed E-state index contributed by atoms with van der Waals surface area (Å²) in [6.45, 7) is 0. The third-order valence-corrected chi connectivity index (χ3v) is 3.14. The topological polar surface area (TPSA) is 40.5 Å². The summed E-state index contributed by atoms with van der Waals surface area (Å²) >= 11 is 5.48. The Morgan fingerprint density at radius 1 is 1.00 bits per heavy atom. The Hall–Kier alpha value is -2.10. The maximum atomic E-state index is 11.5. The summed E-state index contributed by atoms with van der Waals surface area (Å²) in [5, 5.41) is 10.4. The highest BCUT2D eigenvalue weighted by atomic mass is 35.5. The number of carbonyl (C=O) groups excluding carboxylic acids is 1. The molecule has 0 bridgehead atoms. The van der Waals surface area contributed by atoms with E-state index in [1.54, 1.807) is 12.1 Å². The summed E-state index contributed by atoms with van der Waals surface area (Å²) in [4.78, 5) is 11.5. The number of carbonyl (C=O) groups is 1. The maximum absolute atomic E-state index is 11.5. The fourth-order valence-corrected chi connectivity index (χ4v) is 1.98. The molecule has 3 nitrogen and oxygen atoms in total. The largest absolute Gasteiger partial charge is 0.281 e. The molecule has 4 heteroatoms. The number of hydrogen-bond donors (Lipinski definition) is 1. The van der Waals surface area contributed by atoms with E-state index >= 15 is 0 Å². The molecule has 0 aliphatic rings. The van der Waals surface area contributed by atoms with Crippen LogP contribution in [0.3, 0.4) is 0 Å². The van der Waals surface area contributed by atoms with Crippen LogP contribution in [0.1, 0.15) is 17.5 Å². The lowest BCUT2D eigenvalue weighted by molar-refractivity contribution is -0.123. The van der Waals surface area contributed by atoms with Crippen LogP contribution in [0, 0.1) is 0 Å². The van der Waals surface area contributed by atoms with Gasteiger partial charge in [-0.25, -0.2) is 0 Å².